The molecular formula is C78H162Cl4IrS3-4. The molecule has 0 saturated heterocycles. The van der Waals surface area contributed by atoms with Crippen LogP contribution in [0.2, 0.25) is 0 Å². The molecule has 0 aliphatic carbocycles. The predicted octanol–water partition coefficient (Wildman–Crippen LogP) is 19.0. The summed E-state index contributed by atoms with van der Waals surface area (Å²) >= 11 is 6.64. The molecule has 0 nitrogen and oxygen atoms in total. The molecule has 0 saturated carbocycles. The molecule has 0 amide bonds. The first-order chi connectivity index (χ1) is 40.2. The van der Waals surface area contributed by atoms with Crippen molar-refractivity contribution in [3.8, 4) is 0 Å². The van der Waals surface area contributed by atoms with Crippen LogP contribution in [0, 0.1) is 0 Å². The minimum atomic E-state index is 0. The molecule has 0 heterocycles. The van der Waals surface area contributed by atoms with Gasteiger partial charge in [0.05, 0.1) is 0 Å². The van der Waals surface area contributed by atoms with Gasteiger partial charge in [0.25, 0.3) is 0 Å². The maximum atomic E-state index is 2.30. The van der Waals surface area contributed by atoms with Gasteiger partial charge in [-0.2, -0.15) is 35.3 Å². The van der Waals surface area contributed by atoms with E-state index in [-0.39, 0.29) is 69.7 Å². The number of hydrogen-bond donors (Lipinski definition) is 0. The fourth-order valence-electron chi connectivity index (χ4n) is 11.5. The summed E-state index contributed by atoms with van der Waals surface area (Å²) < 4.78 is 0. The Morgan fingerprint density at radius 1 is 0.116 bits per heavy atom. The molecule has 0 N–H and O–H groups in total. The van der Waals surface area contributed by atoms with E-state index >= 15 is 0 Å². The maximum Gasteiger partial charge on any atom is 0 e. The second kappa shape index (κ2) is 109. The Labute approximate surface area is 599 Å². The Balaban J connectivity index is -0.000000172. The third-order valence-corrected chi connectivity index (χ3v) is 20.8. The summed E-state index contributed by atoms with van der Waals surface area (Å²) in [4.78, 5) is 0. The number of thioether (sulfide) groups is 3. The van der Waals surface area contributed by atoms with Crippen molar-refractivity contribution in [2.24, 2.45) is 0 Å². The van der Waals surface area contributed by atoms with Crippen LogP contribution >= 0.6 is 35.3 Å². The van der Waals surface area contributed by atoms with Crippen molar-refractivity contribution in [1.29, 1.82) is 0 Å². The average molecular weight is 1530 g/mol. The number of unbranched alkanes of at least 4 members (excludes halogenated alkanes) is 60. The molecule has 0 aromatic rings. The minimum absolute atomic E-state index is 0. The molecule has 0 unspecified atom stereocenters. The van der Waals surface area contributed by atoms with Crippen LogP contribution in [0.5, 0.6) is 0 Å². The van der Waals surface area contributed by atoms with E-state index in [9.17, 15) is 0 Å². The van der Waals surface area contributed by atoms with Gasteiger partial charge < -0.3 is 49.6 Å². The van der Waals surface area contributed by atoms with Crippen molar-refractivity contribution >= 4 is 35.3 Å². The van der Waals surface area contributed by atoms with Crippen LogP contribution in [0.4, 0.5) is 0 Å². The zero-order chi connectivity index (χ0) is 59.0. The van der Waals surface area contributed by atoms with E-state index in [0.29, 0.717) is 0 Å². The average Bonchev–Trinajstić information content (AvgIpc) is 3.48. The molecule has 0 atom stereocenters. The Bertz CT molecular complexity index is 793. The minimum Gasteiger partial charge on any atom is -1.00 e. The molecule has 0 fully saturated rings. The molecular weight excluding hydrogens is 1370 g/mol. The SMILES string of the molecule is CCCCCCCCCCCCCSCCCCCCCCCCCCC.CCCCCCCCCCCCCSCCCCCCCCCCCCC.CCCCCCCCCCCCCSCCCCCCCCCCCCC.[Cl-].[Cl-].[Cl-].[Cl-].[Ir]. The first-order valence-electron chi connectivity index (χ1n) is 39.0. The molecule has 0 spiro atoms. The normalized spacial score (nSPS) is 10.7. The molecule has 0 aromatic heterocycles. The first-order valence-corrected chi connectivity index (χ1v) is 42.4. The summed E-state index contributed by atoms with van der Waals surface area (Å²) in [6.45, 7) is 13.8. The molecule has 0 aliphatic rings. The summed E-state index contributed by atoms with van der Waals surface area (Å²) in [7, 11) is 0. The van der Waals surface area contributed by atoms with Gasteiger partial charge in [0.1, 0.15) is 0 Å². The van der Waals surface area contributed by atoms with E-state index in [1.54, 1.807) is 0 Å². The molecule has 86 heavy (non-hydrogen) atoms. The number of halogens is 4. The Morgan fingerprint density at radius 3 is 0.267 bits per heavy atom. The maximum absolute atomic E-state index is 2.30. The monoisotopic (exact) mass is 1530 g/mol. The van der Waals surface area contributed by atoms with Crippen molar-refractivity contribution in [2.75, 3.05) is 34.5 Å². The molecule has 0 rings (SSSR count). The first kappa shape index (κ1) is 105. The van der Waals surface area contributed by atoms with Crippen LogP contribution < -0.4 is 49.6 Å². The largest absolute Gasteiger partial charge is 1.00 e. The second-order valence-corrected chi connectivity index (χ2v) is 29.7. The fourth-order valence-corrected chi connectivity index (χ4v) is 14.6. The molecule has 0 aromatic carbocycles. The molecule has 1 radical (unpaired) electrons. The van der Waals surface area contributed by atoms with Crippen molar-refractivity contribution in [1.82, 2.24) is 0 Å². The van der Waals surface area contributed by atoms with E-state index in [1.165, 1.54) is 458 Å². The summed E-state index contributed by atoms with van der Waals surface area (Å²) in [6.07, 6.45) is 96.6. The van der Waals surface area contributed by atoms with Crippen molar-refractivity contribution in [3.05, 3.63) is 0 Å². The van der Waals surface area contributed by atoms with Crippen LogP contribution in [-0.2, 0) is 20.1 Å². The van der Waals surface area contributed by atoms with E-state index < -0.39 is 0 Å². The fraction of sp³-hybridized carbons (Fsp3) is 1.00. The van der Waals surface area contributed by atoms with Crippen molar-refractivity contribution in [2.45, 2.75) is 465 Å². The topological polar surface area (TPSA) is 0 Å². The van der Waals surface area contributed by atoms with Gasteiger partial charge in [-0.05, 0) is 73.0 Å². The van der Waals surface area contributed by atoms with E-state index in [1.807, 2.05) is 0 Å². The molecule has 0 bridgehead atoms. The summed E-state index contributed by atoms with van der Waals surface area (Å²) in [5, 5.41) is 0. The molecule has 8 heteroatoms. The van der Waals surface area contributed by atoms with Gasteiger partial charge in [-0.25, -0.2) is 0 Å². The quantitative estimate of drug-likeness (QED) is 0.0557. The molecule has 0 aliphatic heterocycles. The Kier molecular flexibility index (Phi) is 133. The van der Waals surface area contributed by atoms with Gasteiger partial charge in [0.15, 0.2) is 0 Å². The third kappa shape index (κ3) is 114. The van der Waals surface area contributed by atoms with Gasteiger partial charge in [-0.1, -0.05) is 427 Å². The zero-order valence-electron chi connectivity index (χ0n) is 60.0. The van der Waals surface area contributed by atoms with Crippen LogP contribution in [0.15, 0.2) is 0 Å². The summed E-state index contributed by atoms with van der Waals surface area (Å²) in [6, 6.07) is 0. The van der Waals surface area contributed by atoms with Crippen LogP contribution in [0.25, 0.3) is 0 Å². The Morgan fingerprint density at radius 2 is 0.186 bits per heavy atom. The standard InChI is InChI=1S/3C26H54S.4ClH.Ir/c3*1-3-5-7-9-11-13-15-17-19-21-23-25-27-26-24-22-20-18-16-14-12-10-8-6-4-2;;;;;/h3*3-26H2,1-2H3;4*1H;/p-4. The van der Waals surface area contributed by atoms with Crippen LogP contribution in [-0.4, -0.2) is 34.5 Å². The van der Waals surface area contributed by atoms with E-state index in [4.69, 9.17) is 0 Å². The summed E-state index contributed by atoms with van der Waals surface area (Å²) in [5.41, 5.74) is 0. The van der Waals surface area contributed by atoms with Gasteiger partial charge in [-0.3, -0.25) is 0 Å². The molecule has 533 valence electrons. The smallest absolute Gasteiger partial charge is 0 e. The van der Waals surface area contributed by atoms with Crippen LogP contribution in [0.3, 0.4) is 0 Å². The van der Waals surface area contributed by atoms with E-state index in [0.717, 1.165) is 0 Å². The van der Waals surface area contributed by atoms with Gasteiger partial charge in [0, 0.05) is 20.1 Å². The Hall–Kier alpha value is 2.86. The summed E-state index contributed by atoms with van der Waals surface area (Å²) in [5.74, 6) is 8.47. The van der Waals surface area contributed by atoms with Gasteiger partial charge >= 0.3 is 0 Å². The van der Waals surface area contributed by atoms with Crippen molar-refractivity contribution < 1.29 is 69.7 Å². The van der Waals surface area contributed by atoms with Gasteiger partial charge in [0.2, 0.25) is 0 Å². The van der Waals surface area contributed by atoms with Crippen LogP contribution in [0.1, 0.15) is 465 Å². The third-order valence-electron chi connectivity index (χ3n) is 17.4. The number of hydrogen-bond acceptors (Lipinski definition) is 3. The zero-order valence-corrected chi connectivity index (χ0v) is 67.8. The van der Waals surface area contributed by atoms with Crippen molar-refractivity contribution in [3.63, 3.8) is 0 Å². The van der Waals surface area contributed by atoms with Gasteiger partial charge in [-0.15, -0.1) is 0 Å². The second-order valence-electron chi connectivity index (χ2n) is 26.1. The van der Waals surface area contributed by atoms with E-state index in [2.05, 4.69) is 76.8 Å². The predicted molar refractivity (Wildman–Crippen MR) is 391 cm³/mol. The number of rotatable bonds is 72.